The second kappa shape index (κ2) is 96.6. The van der Waals surface area contributed by atoms with Gasteiger partial charge in [0.25, 0.3) is 0 Å². The van der Waals surface area contributed by atoms with Crippen molar-refractivity contribution >= 4 is 0 Å². The van der Waals surface area contributed by atoms with Crippen LogP contribution in [-0.4, -0.2) is 0 Å². The average Bonchev–Trinajstić information content (AvgIpc) is 1.73. The summed E-state index contributed by atoms with van der Waals surface area (Å²) in [4.78, 5) is 0. The van der Waals surface area contributed by atoms with Gasteiger partial charge in [-0.25, -0.2) is 0 Å². The normalized spacial score (nSPS) is 25.4. The third kappa shape index (κ3) is 89.9. The lowest BCUT2D eigenvalue weighted by Crippen LogP contribution is -1.82. The van der Waals surface area contributed by atoms with Crippen LogP contribution in [0.3, 0.4) is 0 Å². The Labute approximate surface area is 693 Å². The van der Waals surface area contributed by atoms with E-state index in [1.807, 2.05) is 0 Å². The lowest BCUT2D eigenvalue weighted by atomic mass is 10.0. The largest absolute Gasteiger partial charge is 0.0851 e. The highest BCUT2D eigenvalue weighted by Crippen LogP contribution is 2.38. The molecule has 0 heteroatoms. The molecule has 8 rings (SSSR count). The van der Waals surface area contributed by atoms with Gasteiger partial charge < -0.3 is 0 Å². The van der Waals surface area contributed by atoms with E-state index in [2.05, 4.69) is 12.2 Å². The molecule has 0 heterocycles. The zero-order chi connectivity index (χ0) is 76.8. The van der Waals surface area contributed by atoms with E-state index in [0.717, 1.165) is 11.8 Å². The van der Waals surface area contributed by atoms with Crippen molar-refractivity contribution in [3.8, 4) is 0 Å². The minimum atomic E-state index is 0.991. The van der Waals surface area contributed by atoms with E-state index in [1.54, 1.807) is 0 Å². The Bertz CT molecular complexity index is 894. The second-order valence-corrected chi connectivity index (χ2v) is 38.8. The average molecular weight is 1520 g/mol. The van der Waals surface area contributed by atoms with E-state index in [0.29, 0.717) is 0 Å². The summed E-state index contributed by atoms with van der Waals surface area (Å²) in [7, 11) is 0. The van der Waals surface area contributed by atoms with Crippen LogP contribution in [0.1, 0.15) is 674 Å². The first-order valence-corrected chi connectivity index (χ1v) is 54.1. The van der Waals surface area contributed by atoms with Crippen molar-refractivity contribution < 1.29 is 0 Å². The minimum absolute atomic E-state index is 0.991. The Morgan fingerprint density at radius 1 is 0.0734 bits per heavy atom. The second-order valence-electron chi connectivity index (χ2n) is 38.8. The van der Waals surface area contributed by atoms with Gasteiger partial charge in [0.2, 0.25) is 0 Å². The van der Waals surface area contributed by atoms with Crippen LogP contribution in [0.2, 0.25) is 0 Å². The smallest absolute Gasteiger partial charge is 0.0228 e. The summed E-state index contributed by atoms with van der Waals surface area (Å²) in [6.07, 6.45) is 162. The monoisotopic (exact) mass is 1520 g/mol. The number of hydrogen-bond acceptors (Lipinski definition) is 0. The molecule has 8 aliphatic carbocycles. The lowest BCUT2D eigenvalue weighted by Gasteiger charge is -2.02. The van der Waals surface area contributed by atoms with Crippen LogP contribution >= 0.6 is 0 Å². The van der Waals surface area contributed by atoms with E-state index in [-0.39, 0.29) is 0 Å². The Hall–Kier alpha value is -0.260. The molecule has 0 radical (unpaired) electrons. The molecule has 2 atom stereocenters. The molecule has 7 saturated carbocycles. The van der Waals surface area contributed by atoms with Crippen molar-refractivity contribution in [1.29, 1.82) is 0 Å². The fraction of sp³-hybridized carbons (Fsp3) is 0.982. The minimum Gasteiger partial charge on any atom is -0.0851 e. The first kappa shape index (κ1) is 105. The van der Waals surface area contributed by atoms with Crippen molar-refractivity contribution in [2.24, 2.45) is 11.8 Å². The quantitative estimate of drug-likeness (QED) is 0.212. The molecule has 0 N–H and O–H groups in total. The van der Waals surface area contributed by atoms with Crippen LogP contribution in [0.25, 0.3) is 0 Å². The van der Waals surface area contributed by atoms with E-state index in [4.69, 9.17) is 0 Å². The maximum absolute atomic E-state index is 2.38. The highest BCUT2D eigenvalue weighted by molar-refractivity contribution is 5.06. The summed E-state index contributed by atoms with van der Waals surface area (Å²) in [5.41, 5.74) is 0. The zero-order valence-electron chi connectivity index (χ0n) is 76.6. The molecule has 0 saturated heterocycles. The molecule has 8 aliphatic rings. The standard InChI is InChI=1S/6C17H34.C7H10/c6*1-2-4-6-8-10-12-14-16-17-15-13-11-9-7-5-3-1;1-2-7-4-3-6(1)5-7/h6*1-17H2;1-2,6-7H,3-5H2. The molecule has 0 spiro atoms. The van der Waals surface area contributed by atoms with Gasteiger partial charge in [-0.1, -0.05) is 667 Å². The number of rotatable bonds is 0. The predicted molar refractivity (Wildman–Crippen MR) is 501 cm³/mol. The van der Waals surface area contributed by atoms with Crippen molar-refractivity contribution in [3.05, 3.63) is 12.2 Å². The highest BCUT2D eigenvalue weighted by Gasteiger charge is 2.25. The Morgan fingerprint density at radius 2 is 0.119 bits per heavy atom. The van der Waals surface area contributed by atoms with Gasteiger partial charge in [-0.05, 0) is 31.1 Å². The van der Waals surface area contributed by atoms with Gasteiger partial charge >= 0.3 is 0 Å². The Morgan fingerprint density at radius 3 is 0.138 bits per heavy atom. The summed E-state index contributed by atoms with van der Waals surface area (Å²) < 4.78 is 0. The predicted octanol–water partition coefficient (Wildman–Crippen LogP) is 41.8. The first-order chi connectivity index (χ1) is 54.4. The zero-order valence-corrected chi connectivity index (χ0v) is 76.6. The molecule has 0 nitrogen and oxygen atoms in total. The van der Waals surface area contributed by atoms with Crippen LogP contribution in [0.5, 0.6) is 0 Å². The van der Waals surface area contributed by atoms with Crippen LogP contribution in [0, 0.1) is 11.8 Å². The maximum Gasteiger partial charge on any atom is -0.0228 e. The lowest BCUT2D eigenvalue weighted by molar-refractivity contribution is 0.538. The number of allylic oxidation sites excluding steroid dienone is 2. The number of hydrogen-bond donors (Lipinski definition) is 0. The van der Waals surface area contributed by atoms with Gasteiger partial charge in [-0.3, -0.25) is 0 Å². The SMILES string of the molecule is C1=CC2CCC1C2.C1CCCCCCCCCCCCCCCC1.C1CCCCCCCCCCCCCCCC1.C1CCCCCCCCCCCCCCCC1.C1CCCCCCCCCCCCCCCC1.C1CCCCCCCCCCCCCCCC1.C1CCCCCCCCCCCCCCCC1. The summed E-state index contributed by atoms with van der Waals surface area (Å²) in [5.74, 6) is 1.98. The third-order valence-electron chi connectivity index (χ3n) is 27.7. The van der Waals surface area contributed by atoms with Crippen LogP contribution in [0.15, 0.2) is 12.2 Å². The van der Waals surface area contributed by atoms with Gasteiger partial charge in [0.05, 0.1) is 0 Å². The molecule has 2 bridgehead atoms. The summed E-state index contributed by atoms with van der Waals surface area (Å²) in [6, 6.07) is 0. The molecule has 109 heavy (non-hydrogen) atoms. The Balaban J connectivity index is 0.000000435. The topological polar surface area (TPSA) is 0 Å². The summed E-state index contributed by atoms with van der Waals surface area (Å²) in [6.45, 7) is 0. The van der Waals surface area contributed by atoms with E-state index in [9.17, 15) is 0 Å². The first-order valence-electron chi connectivity index (χ1n) is 54.1. The molecule has 0 aromatic carbocycles. The fourth-order valence-corrected chi connectivity index (χ4v) is 19.7. The molecule has 0 aromatic rings. The van der Waals surface area contributed by atoms with E-state index < -0.39 is 0 Å². The maximum atomic E-state index is 2.38. The molecule has 0 aliphatic heterocycles. The molecule has 650 valence electrons. The van der Waals surface area contributed by atoms with E-state index in [1.165, 1.54) is 674 Å². The molecule has 7 fully saturated rings. The fourth-order valence-electron chi connectivity index (χ4n) is 19.7. The third-order valence-corrected chi connectivity index (χ3v) is 27.7. The molecule has 0 aromatic heterocycles. The molecular formula is C109H214. The van der Waals surface area contributed by atoms with Crippen molar-refractivity contribution in [2.45, 2.75) is 674 Å². The highest BCUT2D eigenvalue weighted by atomic mass is 14.3. The van der Waals surface area contributed by atoms with Crippen molar-refractivity contribution in [3.63, 3.8) is 0 Å². The van der Waals surface area contributed by atoms with Gasteiger partial charge in [0.15, 0.2) is 0 Å². The summed E-state index contributed by atoms with van der Waals surface area (Å²) >= 11 is 0. The molecular weight excluding hydrogens is 1310 g/mol. The molecule has 0 amide bonds. The van der Waals surface area contributed by atoms with Crippen LogP contribution in [0.4, 0.5) is 0 Å². The van der Waals surface area contributed by atoms with Gasteiger partial charge in [-0.15, -0.1) is 0 Å². The van der Waals surface area contributed by atoms with E-state index >= 15 is 0 Å². The van der Waals surface area contributed by atoms with Gasteiger partial charge in [0.1, 0.15) is 0 Å². The summed E-state index contributed by atoms with van der Waals surface area (Å²) in [5, 5.41) is 0. The molecule has 2 unspecified atom stereocenters. The number of fused-ring (bicyclic) bond motifs is 2. The Kier molecular flexibility index (Phi) is 92.9. The van der Waals surface area contributed by atoms with Gasteiger partial charge in [-0.2, -0.15) is 0 Å². The van der Waals surface area contributed by atoms with Crippen molar-refractivity contribution in [1.82, 2.24) is 0 Å². The van der Waals surface area contributed by atoms with Crippen LogP contribution < -0.4 is 0 Å². The van der Waals surface area contributed by atoms with Crippen LogP contribution in [-0.2, 0) is 0 Å². The van der Waals surface area contributed by atoms with Crippen molar-refractivity contribution in [2.75, 3.05) is 0 Å². The van der Waals surface area contributed by atoms with Gasteiger partial charge in [0, 0.05) is 0 Å².